The predicted molar refractivity (Wildman–Crippen MR) is 128 cm³/mol. The SMILES string of the molecule is Cc1ccc2c(Oc3ccc(CC(=O)Cc4c(-c5ccccc5)noc4C)cn3)ncnc2c1. The number of fused-ring (bicyclic) bond motifs is 1. The summed E-state index contributed by atoms with van der Waals surface area (Å²) in [6.45, 7) is 3.84. The maximum absolute atomic E-state index is 12.8. The average molecular weight is 450 g/mol. The summed E-state index contributed by atoms with van der Waals surface area (Å²) in [5, 5.41) is 4.97. The molecule has 0 spiro atoms. The lowest BCUT2D eigenvalue weighted by Crippen LogP contribution is -2.08. The van der Waals surface area contributed by atoms with Crippen LogP contribution in [-0.4, -0.2) is 25.9 Å². The number of carbonyl (C=O) groups is 1. The van der Waals surface area contributed by atoms with Crippen molar-refractivity contribution in [2.45, 2.75) is 26.7 Å². The van der Waals surface area contributed by atoms with Gasteiger partial charge < -0.3 is 9.26 Å². The van der Waals surface area contributed by atoms with E-state index in [1.54, 1.807) is 12.3 Å². The van der Waals surface area contributed by atoms with E-state index < -0.39 is 0 Å². The van der Waals surface area contributed by atoms with Gasteiger partial charge in [-0.05, 0) is 37.1 Å². The van der Waals surface area contributed by atoms with Crippen LogP contribution >= 0.6 is 0 Å². The number of carbonyl (C=O) groups excluding carboxylic acids is 1. The van der Waals surface area contributed by atoms with Crippen molar-refractivity contribution in [3.05, 3.63) is 95.6 Å². The number of ketones is 1. The van der Waals surface area contributed by atoms with Gasteiger partial charge in [0.1, 0.15) is 23.6 Å². The monoisotopic (exact) mass is 450 g/mol. The number of Topliss-reactive ketones (excluding diaryl/α,β-unsaturated/α-hetero) is 1. The van der Waals surface area contributed by atoms with Gasteiger partial charge in [0.15, 0.2) is 0 Å². The summed E-state index contributed by atoms with van der Waals surface area (Å²) >= 11 is 0. The fraction of sp³-hybridized carbons (Fsp3) is 0.148. The van der Waals surface area contributed by atoms with Gasteiger partial charge in [0.2, 0.25) is 11.8 Å². The number of hydrogen-bond acceptors (Lipinski definition) is 7. The lowest BCUT2D eigenvalue weighted by atomic mass is 9.99. The molecule has 3 aromatic heterocycles. The van der Waals surface area contributed by atoms with Crippen LogP contribution in [0.25, 0.3) is 22.2 Å². The number of aryl methyl sites for hydroxylation is 2. The minimum atomic E-state index is 0.0520. The molecule has 7 nitrogen and oxygen atoms in total. The van der Waals surface area contributed by atoms with Crippen LogP contribution in [0.4, 0.5) is 0 Å². The Labute approximate surface area is 196 Å². The molecular weight excluding hydrogens is 428 g/mol. The number of aromatic nitrogens is 4. The summed E-state index contributed by atoms with van der Waals surface area (Å²) in [4.78, 5) is 25.7. The molecule has 0 aliphatic rings. The lowest BCUT2D eigenvalue weighted by Gasteiger charge is -2.08. The number of hydrogen-bond donors (Lipinski definition) is 0. The standard InChI is InChI=1S/C27H22N4O3/c1-17-8-10-22-24(12-17)29-16-30-27(22)33-25-11-9-19(15-28-25)13-21(32)14-23-18(2)34-31-26(23)20-6-4-3-5-7-20/h3-12,15-16H,13-14H2,1-2H3. The van der Waals surface area contributed by atoms with Gasteiger partial charge in [-0.2, -0.15) is 0 Å². The summed E-state index contributed by atoms with van der Waals surface area (Å²) in [7, 11) is 0. The molecule has 0 fully saturated rings. The lowest BCUT2D eigenvalue weighted by molar-refractivity contribution is -0.117. The Hall–Kier alpha value is -4.39. The van der Waals surface area contributed by atoms with Crippen molar-refractivity contribution in [3.63, 3.8) is 0 Å². The van der Waals surface area contributed by atoms with Crippen LogP contribution in [0.3, 0.4) is 0 Å². The first-order valence-electron chi connectivity index (χ1n) is 10.9. The van der Waals surface area contributed by atoms with Crippen LogP contribution < -0.4 is 4.74 Å². The molecule has 0 saturated carbocycles. The van der Waals surface area contributed by atoms with Crippen LogP contribution in [0, 0.1) is 13.8 Å². The molecule has 0 unspecified atom stereocenters. The fourth-order valence-corrected chi connectivity index (χ4v) is 3.81. The molecule has 2 aromatic carbocycles. The maximum atomic E-state index is 12.8. The number of rotatable bonds is 7. The first-order chi connectivity index (χ1) is 16.6. The van der Waals surface area contributed by atoms with Gasteiger partial charge in [-0.1, -0.05) is 47.6 Å². The van der Waals surface area contributed by atoms with E-state index in [0.29, 0.717) is 23.2 Å². The molecule has 0 aliphatic heterocycles. The summed E-state index contributed by atoms with van der Waals surface area (Å²) in [6, 6.07) is 19.2. The third-order valence-electron chi connectivity index (χ3n) is 5.56. The van der Waals surface area contributed by atoms with Gasteiger partial charge in [0, 0.05) is 36.2 Å². The van der Waals surface area contributed by atoms with Gasteiger partial charge in [0.25, 0.3) is 0 Å². The van der Waals surface area contributed by atoms with Crippen molar-refractivity contribution < 1.29 is 14.1 Å². The summed E-state index contributed by atoms with van der Waals surface area (Å²) in [6.07, 6.45) is 3.62. The largest absolute Gasteiger partial charge is 0.420 e. The van der Waals surface area contributed by atoms with Crippen LogP contribution in [-0.2, 0) is 17.6 Å². The van der Waals surface area contributed by atoms with E-state index in [-0.39, 0.29) is 18.6 Å². The molecular formula is C27H22N4O3. The van der Waals surface area contributed by atoms with Crippen molar-refractivity contribution in [1.29, 1.82) is 0 Å². The van der Waals surface area contributed by atoms with Gasteiger partial charge in [-0.25, -0.2) is 15.0 Å². The Morgan fingerprint density at radius 2 is 1.79 bits per heavy atom. The summed E-state index contributed by atoms with van der Waals surface area (Å²) in [5.41, 5.74) is 5.18. The van der Waals surface area contributed by atoms with Gasteiger partial charge >= 0.3 is 0 Å². The Bertz CT molecular complexity index is 1460. The third kappa shape index (κ3) is 4.54. The van der Waals surface area contributed by atoms with Crippen LogP contribution in [0.2, 0.25) is 0 Å². The van der Waals surface area contributed by atoms with E-state index in [4.69, 9.17) is 9.26 Å². The molecule has 0 N–H and O–H groups in total. The highest BCUT2D eigenvalue weighted by Gasteiger charge is 2.18. The number of pyridine rings is 1. The number of ether oxygens (including phenoxy) is 1. The van der Waals surface area contributed by atoms with Crippen molar-refractivity contribution in [1.82, 2.24) is 20.1 Å². The van der Waals surface area contributed by atoms with Crippen molar-refractivity contribution >= 4 is 16.7 Å². The Balaban J connectivity index is 1.28. The van der Waals surface area contributed by atoms with E-state index >= 15 is 0 Å². The number of nitrogens with zero attached hydrogens (tertiary/aromatic N) is 4. The molecule has 0 saturated heterocycles. The minimum absolute atomic E-state index is 0.0520. The first kappa shape index (κ1) is 21.5. The fourth-order valence-electron chi connectivity index (χ4n) is 3.81. The molecule has 3 heterocycles. The molecule has 0 radical (unpaired) electrons. The second kappa shape index (κ2) is 9.23. The second-order valence-corrected chi connectivity index (χ2v) is 8.13. The minimum Gasteiger partial charge on any atom is -0.420 e. The van der Waals surface area contributed by atoms with Gasteiger partial charge in [0.05, 0.1) is 10.9 Å². The Morgan fingerprint density at radius 1 is 0.941 bits per heavy atom. The van der Waals surface area contributed by atoms with Crippen LogP contribution in [0.5, 0.6) is 11.8 Å². The topological polar surface area (TPSA) is 91.0 Å². The van der Waals surface area contributed by atoms with Crippen LogP contribution in [0.15, 0.2) is 77.7 Å². The second-order valence-electron chi connectivity index (χ2n) is 8.13. The molecule has 5 aromatic rings. The molecule has 7 heteroatoms. The van der Waals surface area contributed by atoms with E-state index in [0.717, 1.165) is 33.2 Å². The molecule has 5 rings (SSSR count). The highest BCUT2D eigenvalue weighted by molar-refractivity contribution is 5.85. The van der Waals surface area contributed by atoms with Crippen LogP contribution in [0.1, 0.15) is 22.5 Å². The first-order valence-corrected chi connectivity index (χ1v) is 10.9. The van der Waals surface area contributed by atoms with Crippen molar-refractivity contribution in [3.8, 4) is 23.0 Å². The van der Waals surface area contributed by atoms with E-state index in [1.165, 1.54) is 6.33 Å². The Morgan fingerprint density at radius 3 is 2.59 bits per heavy atom. The molecule has 0 bridgehead atoms. The zero-order chi connectivity index (χ0) is 23.5. The zero-order valence-corrected chi connectivity index (χ0v) is 18.9. The highest BCUT2D eigenvalue weighted by atomic mass is 16.5. The molecule has 0 aliphatic carbocycles. The molecule has 0 amide bonds. The molecule has 168 valence electrons. The average Bonchev–Trinajstić information content (AvgIpc) is 3.20. The quantitative estimate of drug-likeness (QED) is 0.326. The predicted octanol–water partition coefficient (Wildman–Crippen LogP) is 5.44. The van der Waals surface area contributed by atoms with E-state index in [2.05, 4.69) is 20.1 Å². The normalized spacial score (nSPS) is 11.0. The van der Waals surface area contributed by atoms with Gasteiger partial charge in [-0.3, -0.25) is 4.79 Å². The number of benzene rings is 2. The maximum Gasteiger partial charge on any atom is 0.232 e. The van der Waals surface area contributed by atoms with Crippen molar-refractivity contribution in [2.75, 3.05) is 0 Å². The van der Waals surface area contributed by atoms with E-state index in [9.17, 15) is 4.79 Å². The highest BCUT2D eigenvalue weighted by Crippen LogP contribution is 2.27. The van der Waals surface area contributed by atoms with Crippen molar-refractivity contribution in [2.24, 2.45) is 0 Å². The summed E-state index contributed by atoms with van der Waals surface area (Å²) < 4.78 is 11.3. The van der Waals surface area contributed by atoms with Gasteiger partial charge in [-0.15, -0.1) is 0 Å². The third-order valence-corrected chi connectivity index (χ3v) is 5.56. The van der Waals surface area contributed by atoms with E-state index in [1.807, 2.05) is 68.4 Å². The smallest absolute Gasteiger partial charge is 0.232 e. The zero-order valence-electron chi connectivity index (χ0n) is 18.9. The Kier molecular flexibility index (Phi) is 5.82. The molecule has 34 heavy (non-hydrogen) atoms. The molecule has 0 atom stereocenters. The summed E-state index contributed by atoms with van der Waals surface area (Å²) in [5.74, 6) is 1.55.